The molecule has 0 radical (unpaired) electrons. The van der Waals surface area contributed by atoms with Crippen molar-refractivity contribution >= 4 is 45.7 Å². The first-order valence-electron chi connectivity index (χ1n) is 9.13. The third kappa shape index (κ3) is 4.37. The highest BCUT2D eigenvalue weighted by Crippen LogP contribution is 2.32. The molecule has 0 spiro atoms. The molecular formula is C22H19Cl2N3OS. The molecule has 4 rings (SSSR count). The van der Waals surface area contributed by atoms with Gasteiger partial charge in [-0.05, 0) is 41.5 Å². The van der Waals surface area contributed by atoms with Gasteiger partial charge in [0.15, 0.2) is 17.1 Å². The van der Waals surface area contributed by atoms with Crippen LogP contribution >= 0.6 is 35.0 Å². The summed E-state index contributed by atoms with van der Waals surface area (Å²) in [4.78, 5) is 0. The Morgan fingerprint density at radius 2 is 1.83 bits per heavy atom. The van der Waals surface area contributed by atoms with E-state index in [0.717, 1.165) is 16.7 Å². The number of hydrogen-bond acceptors (Lipinski definition) is 4. The molecule has 0 saturated carbocycles. The average Bonchev–Trinajstić information content (AvgIpc) is 3.09. The van der Waals surface area contributed by atoms with Gasteiger partial charge in [0.2, 0.25) is 0 Å². The molecule has 0 saturated heterocycles. The van der Waals surface area contributed by atoms with Gasteiger partial charge in [0, 0.05) is 17.8 Å². The van der Waals surface area contributed by atoms with Crippen molar-refractivity contribution in [2.75, 3.05) is 0 Å². The largest absolute Gasteiger partial charge is 0.481 e. The van der Waals surface area contributed by atoms with Crippen molar-refractivity contribution in [3.05, 3.63) is 82.1 Å². The van der Waals surface area contributed by atoms with Crippen molar-refractivity contribution in [3.63, 3.8) is 0 Å². The Bertz CT molecular complexity index is 1160. The molecule has 4 aromatic rings. The van der Waals surface area contributed by atoms with Crippen LogP contribution in [0.2, 0.25) is 10.0 Å². The second kappa shape index (κ2) is 8.66. The van der Waals surface area contributed by atoms with E-state index in [4.69, 9.17) is 27.9 Å². The molecule has 3 aromatic carbocycles. The van der Waals surface area contributed by atoms with Crippen LogP contribution in [0.1, 0.15) is 24.4 Å². The smallest absolute Gasteiger partial charge is 0.191 e. The summed E-state index contributed by atoms with van der Waals surface area (Å²) in [6.45, 7) is 1.92. The number of thioether (sulfide) groups is 1. The summed E-state index contributed by atoms with van der Waals surface area (Å²) >= 11 is 13.8. The molecule has 1 unspecified atom stereocenters. The molecule has 0 aliphatic rings. The average molecular weight is 444 g/mol. The van der Waals surface area contributed by atoms with Gasteiger partial charge in [0.25, 0.3) is 0 Å². The maximum absolute atomic E-state index is 6.21. The molecule has 4 nitrogen and oxygen atoms in total. The zero-order valence-corrected chi connectivity index (χ0v) is 18.3. The first-order chi connectivity index (χ1) is 14.0. The number of hydrogen-bond donors (Lipinski definition) is 0. The highest BCUT2D eigenvalue weighted by molar-refractivity contribution is 7.98. The number of nitrogens with zero attached hydrogens (tertiary/aromatic N) is 3. The molecular weight excluding hydrogens is 425 g/mol. The Labute approximate surface area is 183 Å². The topological polar surface area (TPSA) is 39.9 Å². The van der Waals surface area contributed by atoms with Crippen molar-refractivity contribution in [3.8, 4) is 5.75 Å². The summed E-state index contributed by atoms with van der Waals surface area (Å²) in [7, 11) is 1.95. The number of fused-ring (bicyclic) bond motifs is 1. The van der Waals surface area contributed by atoms with Gasteiger partial charge in [0.1, 0.15) is 5.75 Å². The third-order valence-corrected chi connectivity index (χ3v) is 6.27. The third-order valence-electron chi connectivity index (χ3n) is 4.67. The van der Waals surface area contributed by atoms with Gasteiger partial charge in [-0.2, -0.15) is 0 Å². The zero-order valence-electron chi connectivity index (χ0n) is 16.0. The number of halogens is 2. The Kier molecular flexibility index (Phi) is 5.99. The van der Waals surface area contributed by atoms with Gasteiger partial charge in [-0.1, -0.05) is 77.4 Å². The van der Waals surface area contributed by atoms with E-state index in [0.29, 0.717) is 15.8 Å². The van der Waals surface area contributed by atoms with Crippen LogP contribution in [-0.4, -0.2) is 14.8 Å². The lowest BCUT2D eigenvalue weighted by atomic mass is 10.1. The van der Waals surface area contributed by atoms with Gasteiger partial charge in [0.05, 0.1) is 5.02 Å². The van der Waals surface area contributed by atoms with Crippen molar-refractivity contribution < 1.29 is 4.74 Å². The summed E-state index contributed by atoms with van der Waals surface area (Å²) in [5.41, 5.74) is 1.27. The molecule has 7 heteroatoms. The normalized spacial score (nSPS) is 12.3. The van der Waals surface area contributed by atoms with Gasteiger partial charge in [-0.15, -0.1) is 10.2 Å². The monoisotopic (exact) mass is 443 g/mol. The Balaban J connectivity index is 1.49. The van der Waals surface area contributed by atoms with E-state index < -0.39 is 0 Å². The van der Waals surface area contributed by atoms with Crippen molar-refractivity contribution in [1.29, 1.82) is 0 Å². The lowest BCUT2D eigenvalue weighted by Crippen LogP contribution is -2.10. The van der Waals surface area contributed by atoms with E-state index in [1.165, 1.54) is 16.3 Å². The van der Waals surface area contributed by atoms with E-state index in [2.05, 4.69) is 52.7 Å². The first-order valence-corrected chi connectivity index (χ1v) is 10.9. The first kappa shape index (κ1) is 20.1. The summed E-state index contributed by atoms with van der Waals surface area (Å²) in [6, 6.07) is 19.9. The number of ether oxygens (including phenoxy) is 1. The minimum Gasteiger partial charge on any atom is -0.481 e. The summed E-state index contributed by atoms with van der Waals surface area (Å²) in [6.07, 6.45) is -0.307. The summed E-state index contributed by atoms with van der Waals surface area (Å²) < 4.78 is 7.94. The van der Waals surface area contributed by atoms with Crippen LogP contribution in [0.4, 0.5) is 0 Å². The fourth-order valence-corrected chi connectivity index (χ4v) is 4.56. The predicted octanol–water partition coefficient (Wildman–Crippen LogP) is 6.71. The van der Waals surface area contributed by atoms with Crippen LogP contribution in [0, 0.1) is 0 Å². The van der Waals surface area contributed by atoms with Gasteiger partial charge >= 0.3 is 0 Å². The van der Waals surface area contributed by atoms with Crippen molar-refractivity contribution in [2.24, 2.45) is 7.05 Å². The Morgan fingerprint density at radius 1 is 1.03 bits per heavy atom. The molecule has 148 valence electrons. The maximum atomic E-state index is 6.21. The van der Waals surface area contributed by atoms with E-state index in [1.54, 1.807) is 30.0 Å². The second-order valence-corrected chi connectivity index (χ2v) is 8.45. The SMILES string of the molecule is CC(Oc1ccc(Cl)cc1Cl)c1nnc(SCc2cccc3ccccc23)n1C. The van der Waals surface area contributed by atoms with Crippen LogP contribution in [0.5, 0.6) is 5.75 Å². The molecule has 0 aliphatic carbocycles. The molecule has 0 aliphatic heterocycles. The highest BCUT2D eigenvalue weighted by atomic mass is 35.5. The fraction of sp³-hybridized carbons (Fsp3) is 0.182. The maximum Gasteiger partial charge on any atom is 0.191 e. The molecule has 0 fully saturated rings. The lowest BCUT2D eigenvalue weighted by Gasteiger charge is -2.15. The number of aromatic nitrogens is 3. The van der Waals surface area contributed by atoms with Crippen LogP contribution in [0.25, 0.3) is 10.8 Å². The van der Waals surface area contributed by atoms with Gasteiger partial charge < -0.3 is 9.30 Å². The molecule has 0 amide bonds. The van der Waals surface area contributed by atoms with Crippen molar-refractivity contribution in [1.82, 2.24) is 14.8 Å². The van der Waals surface area contributed by atoms with E-state index in [-0.39, 0.29) is 6.10 Å². The molecule has 0 N–H and O–H groups in total. The van der Waals surface area contributed by atoms with Crippen LogP contribution in [-0.2, 0) is 12.8 Å². The van der Waals surface area contributed by atoms with Gasteiger partial charge in [-0.3, -0.25) is 0 Å². The molecule has 0 bridgehead atoms. The van der Waals surface area contributed by atoms with E-state index in [1.807, 2.05) is 18.5 Å². The minimum atomic E-state index is -0.307. The fourth-order valence-electron chi connectivity index (χ4n) is 3.18. The van der Waals surface area contributed by atoms with Crippen LogP contribution < -0.4 is 4.74 Å². The highest BCUT2D eigenvalue weighted by Gasteiger charge is 2.18. The second-order valence-electron chi connectivity index (χ2n) is 6.66. The summed E-state index contributed by atoms with van der Waals surface area (Å²) in [5, 5.41) is 13.1. The Morgan fingerprint density at radius 3 is 2.66 bits per heavy atom. The quantitative estimate of drug-likeness (QED) is 0.310. The van der Waals surface area contributed by atoms with E-state index in [9.17, 15) is 0 Å². The van der Waals surface area contributed by atoms with Crippen molar-refractivity contribution in [2.45, 2.75) is 23.9 Å². The zero-order chi connectivity index (χ0) is 20.4. The number of rotatable bonds is 6. The molecule has 1 atom stereocenters. The number of benzene rings is 3. The molecule has 29 heavy (non-hydrogen) atoms. The molecule has 1 aromatic heterocycles. The van der Waals surface area contributed by atoms with E-state index >= 15 is 0 Å². The standard InChI is InChI=1S/C22H19Cl2N3OS/c1-14(28-20-11-10-17(23)12-19(20)24)21-25-26-22(27(21)2)29-13-16-8-5-7-15-6-3-4-9-18(15)16/h3-12,14H,13H2,1-2H3. The molecule has 1 heterocycles. The summed E-state index contributed by atoms with van der Waals surface area (Å²) in [5.74, 6) is 2.11. The Hall–Kier alpha value is -2.21. The van der Waals surface area contributed by atoms with Crippen LogP contribution in [0.3, 0.4) is 0 Å². The minimum absolute atomic E-state index is 0.307. The van der Waals surface area contributed by atoms with Crippen LogP contribution in [0.15, 0.2) is 65.8 Å². The lowest BCUT2D eigenvalue weighted by molar-refractivity contribution is 0.211. The van der Waals surface area contributed by atoms with Gasteiger partial charge in [-0.25, -0.2) is 0 Å². The predicted molar refractivity (Wildman–Crippen MR) is 120 cm³/mol.